The van der Waals surface area contributed by atoms with Gasteiger partial charge in [-0.05, 0) is 12.1 Å². The van der Waals surface area contributed by atoms with Crippen LogP contribution < -0.4 is 16.8 Å². The van der Waals surface area contributed by atoms with Gasteiger partial charge in [-0.2, -0.15) is 23.4 Å². The molecule has 15 nitrogen and oxygen atoms in total. The summed E-state index contributed by atoms with van der Waals surface area (Å²) in [5, 5.41) is 14.6. The number of rotatable bonds is 8. The number of nitroso groups, excluding NO2 is 1. The summed E-state index contributed by atoms with van der Waals surface area (Å²) in [6, 6.07) is -4.23. The van der Waals surface area contributed by atoms with E-state index in [1.807, 2.05) is 0 Å². The van der Waals surface area contributed by atoms with Crippen molar-refractivity contribution in [1.82, 2.24) is 29.6 Å². The number of thiazole rings is 1. The number of nitrogens with zero attached hydrogens (tertiary/aromatic N) is 6. The normalized spacial score (nSPS) is 20.0. The zero-order valence-corrected chi connectivity index (χ0v) is 17.0. The van der Waals surface area contributed by atoms with Gasteiger partial charge in [0, 0.05) is 11.9 Å². The molecule has 1 aliphatic heterocycles. The molecule has 3 unspecified atom stereocenters. The monoisotopic (exact) mass is 459 g/mol. The number of amides is 2. The molecule has 0 aromatic carbocycles. The van der Waals surface area contributed by atoms with Crippen LogP contribution in [0, 0.1) is 11.8 Å². The number of nitrogen functional groups attached to an aromatic ring is 1. The van der Waals surface area contributed by atoms with E-state index in [0.29, 0.717) is 11.4 Å². The molecule has 0 spiro atoms. The maximum absolute atomic E-state index is 12.5. The third-order valence-corrected chi connectivity index (χ3v) is 5.99. The Morgan fingerprint density at radius 3 is 2.67 bits per heavy atom. The van der Waals surface area contributed by atoms with E-state index in [2.05, 4.69) is 25.7 Å². The number of hydrogen-bond donors (Lipinski definition) is 4. The summed E-state index contributed by atoms with van der Waals surface area (Å²) in [6.07, 6.45) is 0. The summed E-state index contributed by atoms with van der Waals surface area (Å²) < 4.78 is 32.7. The number of aromatic nitrogens is 4. The van der Waals surface area contributed by atoms with Gasteiger partial charge in [-0.1, -0.05) is 0 Å². The first-order chi connectivity index (χ1) is 14.1. The zero-order chi connectivity index (χ0) is 22.2. The van der Waals surface area contributed by atoms with Crippen molar-refractivity contribution in [2.24, 2.45) is 10.9 Å². The third-order valence-electron chi connectivity index (χ3n) is 4.35. The third kappa shape index (κ3) is 3.99. The Morgan fingerprint density at radius 2 is 2.17 bits per heavy atom. The molecule has 30 heavy (non-hydrogen) atoms. The van der Waals surface area contributed by atoms with Gasteiger partial charge in [0.1, 0.15) is 12.1 Å². The van der Waals surface area contributed by atoms with Crippen molar-refractivity contribution in [3.05, 3.63) is 27.4 Å². The number of anilines is 1. The van der Waals surface area contributed by atoms with Crippen molar-refractivity contribution in [1.29, 1.82) is 0 Å². The van der Waals surface area contributed by atoms with Crippen molar-refractivity contribution in [3.63, 3.8) is 0 Å². The van der Waals surface area contributed by atoms with Crippen LogP contribution in [0.25, 0.3) is 0 Å². The topological polar surface area (TPSA) is 229 Å². The average Bonchev–Trinajstić information content (AvgIpc) is 3.24. The summed E-state index contributed by atoms with van der Waals surface area (Å²) in [5.74, 6) is -2.08. The van der Waals surface area contributed by atoms with E-state index in [4.69, 9.17) is 11.5 Å². The predicted octanol–water partition coefficient (Wildman–Crippen LogP) is -1.91. The molecular weight excluding hydrogens is 442 g/mol. The molecule has 2 aromatic rings. The fourth-order valence-corrected chi connectivity index (χ4v) is 4.39. The molecule has 6 N–H and O–H groups in total. The fraction of sp³-hybridized carbons (Fsp3) is 0.462. The van der Waals surface area contributed by atoms with Crippen molar-refractivity contribution >= 4 is 38.6 Å². The van der Waals surface area contributed by atoms with E-state index in [1.54, 1.807) is 6.92 Å². The van der Waals surface area contributed by atoms with Gasteiger partial charge < -0.3 is 16.8 Å². The average molecular weight is 459 g/mol. The second kappa shape index (κ2) is 8.01. The Hall–Kier alpha value is -3.02. The van der Waals surface area contributed by atoms with Crippen LogP contribution in [0.15, 0.2) is 10.6 Å². The highest BCUT2D eigenvalue weighted by molar-refractivity contribution is 7.84. The Labute approximate surface area is 173 Å². The maximum atomic E-state index is 12.5. The minimum Gasteiger partial charge on any atom is -0.375 e. The molecule has 1 aliphatic rings. The second-order valence-corrected chi connectivity index (χ2v) is 8.45. The van der Waals surface area contributed by atoms with Crippen molar-refractivity contribution in [2.45, 2.75) is 38.1 Å². The van der Waals surface area contributed by atoms with Crippen LogP contribution in [-0.4, -0.2) is 61.2 Å². The lowest BCUT2D eigenvalue weighted by Gasteiger charge is -2.43. The molecule has 0 saturated carbocycles. The molecule has 1 fully saturated rings. The lowest BCUT2D eigenvalue weighted by Crippen LogP contribution is -2.73. The number of aryl methyl sites for hydroxylation is 1. The maximum Gasteiger partial charge on any atom is 0.362 e. The lowest BCUT2D eigenvalue weighted by atomic mass is 9.98. The largest absolute Gasteiger partial charge is 0.375 e. The number of hydrogen-bond acceptors (Lipinski definition) is 12. The molecular formula is C13H17N9O6S2. The number of nitrogens with two attached hydrogens (primary N) is 2. The van der Waals surface area contributed by atoms with Crippen molar-refractivity contribution in [3.8, 4) is 0 Å². The van der Waals surface area contributed by atoms with E-state index in [0.717, 1.165) is 16.1 Å². The van der Waals surface area contributed by atoms with Gasteiger partial charge in [0.2, 0.25) is 6.04 Å². The first-order valence-corrected chi connectivity index (χ1v) is 10.6. The molecule has 0 bridgehead atoms. The molecule has 17 heteroatoms. The molecule has 3 heterocycles. The van der Waals surface area contributed by atoms with Crippen LogP contribution in [-0.2, 0) is 33.0 Å². The Kier molecular flexibility index (Phi) is 5.79. The van der Waals surface area contributed by atoms with Crippen LogP contribution in [0.1, 0.15) is 23.1 Å². The van der Waals surface area contributed by atoms with Crippen molar-refractivity contribution < 1.29 is 22.6 Å². The van der Waals surface area contributed by atoms with E-state index in [-0.39, 0.29) is 28.2 Å². The Balaban J connectivity index is 1.83. The molecule has 3 atom stereocenters. The Morgan fingerprint density at radius 1 is 1.47 bits per heavy atom. The van der Waals surface area contributed by atoms with Gasteiger partial charge in [0.05, 0.1) is 23.6 Å². The number of nitrogens with one attached hydrogen (secondary N) is 1. The van der Waals surface area contributed by atoms with Gasteiger partial charge in [-0.25, -0.2) is 9.29 Å². The minimum absolute atomic E-state index is 0.0167. The van der Waals surface area contributed by atoms with Crippen molar-refractivity contribution in [2.75, 3.05) is 5.73 Å². The molecule has 3 rings (SSSR count). The number of β-lactam (4-membered cyclic amide) rings is 1. The van der Waals surface area contributed by atoms with E-state index < -0.39 is 40.2 Å². The van der Waals surface area contributed by atoms with Crippen LogP contribution in [0.4, 0.5) is 5.13 Å². The number of carbonyl (C=O) groups excluding carboxylic acids is 2. The van der Waals surface area contributed by atoms with Crippen LogP contribution >= 0.6 is 11.3 Å². The lowest BCUT2D eigenvalue weighted by molar-refractivity contribution is -0.146. The summed E-state index contributed by atoms with van der Waals surface area (Å²) in [5.41, 5.74) is 11.9. The molecule has 2 amide bonds. The van der Waals surface area contributed by atoms with E-state index >= 15 is 0 Å². The van der Waals surface area contributed by atoms with Crippen LogP contribution in [0.5, 0.6) is 0 Å². The van der Waals surface area contributed by atoms with Crippen LogP contribution in [0.3, 0.4) is 0 Å². The predicted molar refractivity (Wildman–Crippen MR) is 102 cm³/mol. The summed E-state index contributed by atoms with van der Waals surface area (Å²) >= 11 is 0.987. The molecule has 0 aliphatic carbocycles. The molecule has 2 aromatic heterocycles. The highest BCUT2D eigenvalue weighted by Crippen LogP contribution is 2.27. The van der Waals surface area contributed by atoms with E-state index in [1.165, 1.54) is 5.38 Å². The summed E-state index contributed by atoms with van der Waals surface area (Å²) in [7, 11) is -4.91. The molecule has 162 valence electrons. The minimum atomic E-state index is -4.91. The van der Waals surface area contributed by atoms with Gasteiger partial charge in [-0.3, -0.25) is 14.1 Å². The highest BCUT2D eigenvalue weighted by atomic mass is 32.2. The fourth-order valence-electron chi connectivity index (χ4n) is 2.94. The van der Waals surface area contributed by atoms with Crippen LogP contribution in [0.2, 0.25) is 0 Å². The zero-order valence-electron chi connectivity index (χ0n) is 15.4. The SMILES string of the molecule is Cc1nn(CC2C(NC(=O)C(N=O)c3csc(N)n3)C(=O)N2S(=O)(=O)O)nc1CN. The quantitative estimate of drug-likeness (QED) is 0.193. The molecule has 0 radical (unpaired) electrons. The van der Waals surface area contributed by atoms with E-state index in [9.17, 15) is 27.5 Å². The first-order valence-electron chi connectivity index (χ1n) is 8.32. The highest BCUT2D eigenvalue weighted by Gasteiger charge is 2.54. The second-order valence-electron chi connectivity index (χ2n) is 6.28. The number of carbonyl (C=O) groups is 2. The standard InChI is InChI=1S/C13H17N9O6S2/c1-5-6(2-14)19-21(18-5)3-8-10(12(24)22(8)30(26,27)28)17-11(23)9(20-25)7-4-29-13(15)16-7/h4,8-10H,2-3,14H2,1H3,(H2,15,16)(H,17,23)(H,26,27,28). The summed E-state index contributed by atoms with van der Waals surface area (Å²) in [4.78, 5) is 40.8. The van der Waals surface area contributed by atoms with Gasteiger partial charge >= 0.3 is 10.3 Å². The smallest absolute Gasteiger partial charge is 0.362 e. The Bertz CT molecular complexity index is 1100. The van der Waals surface area contributed by atoms with Gasteiger partial charge in [-0.15, -0.1) is 16.2 Å². The summed E-state index contributed by atoms with van der Waals surface area (Å²) in [6.45, 7) is 1.44. The molecule has 1 saturated heterocycles. The van der Waals surface area contributed by atoms with Gasteiger partial charge in [0.25, 0.3) is 11.8 Å². The first kappa shape index (κ1) is 21.7. The van der Waals surface area contributed by atoms with Gasteiger partial charge in [0.15, 0.2) is 5.13 Å².